The van der Waals surface area contributed by atoms with Crippen molar-refractivity contribution in [2.75, 3.05) is 12.1 Å². The van der Waals surface area contributed by atoms with Crippen molar-refractivity contribution in [3.63, 3.8) is 0 Å². The predicted molar refractivity (Wildman–Crippen MR) is 107 cm³/mol. The highest BCUT2D eigenvalue weighted by Crippen LogP contribution is 2.37. The van der Waals surface area contributed by atoms with Crippen LogP contribution in [0.25, 0.3) is 0 Å². The molecule has 0 amide bonds. The summed E-state index contributed by atoms with van der Waals surface area (Å²) in [4.78, 5) is 0. The maximum absolute atomic E-state index is 6.06. The highest BCUT2D eigenvalue weighted by atomic mass is 35.5. The summed E-state index contributed by atoms with van der Waals surface area (Å²) in [6.07, 6.45) is 0.846. The van der Waals surface area contributed by atoms with Crippen molar-refractivity contribution in [3.8, 4) is 5.75 Å². The van der Waals surface area contributed by atoms with Gasteiger partial charge in [0.15, 0.2) is 0 Å². The highest BCUT2D eigenvalue weighted by Gasteiger charge is 2.29. The highest BCUT2D eigenvalue weighted by molar-refractivity contribution is 6.30. The van der Waals surface area contributed by atoms with E-state index in [0.717, 1.165) is 34.2 Å². The van der Waals surface area contributed by atoms with E-state index in [9.17, 15) is 0 Å². The van der Waals surface area contributed by atoms with Crippen molar-refractivity contribution in [1.29, 1.82) is 0 Å². The van der Waals surface area contributed by atoms with Crippen molar-refractivity contribution in [3.05, 3.63) is 95.0 Å². The molecule has 0 radical (unpaired) electrons. The number of benzene rings is 3. The van der Waals surface area contributed by atoms with E-state index in [1.165, 1.54) is 5.56 Å². The van der Waals surface area contributed by atoms with Gasteiger partial charge >= 0.3 is 0 Å². The molecule has 0 aromatic heterocycles. The Kier molecular flexibility index (Phi) is 4.63. The van der Waals surface area contributed by atoms with E-state index in [4.69, 9.17) is 21.4 Å². The molecule has 0 bridgehead atoms. The van der Waals surface area contributed by atoms with E-state index in [1.54, 1.807) is 7.11 Å². The molecule has 4 heteroatoms. The van der Waals surface area contributed by atoms with Crippen molar-refractivity contribution in [2.45, 2.75) is 12.5 Å². The molecule has 3 aromatic rings. The van der Waals surface area contributed by atoms with E-state index >= 15 is 0 Å². The maximum atomic E-state index is 6.06. The number of methoxy groups -OCH3 is 1. The van der Waals surface area contributed by atoms with Crippen molar-refractivity contribution < 1.29 is 4.74 Å². The summed E-state index contributed by atoms with van der Waals surface area (Å²) in [5.41, 5.74) is 4.47. The van der Waals surface area contributed by atoms with E-state index < -0.39 is 0 Å². The monoisotopic (exact) mass is 362 g/mol. The van der Waals surface area contributed by atoms with Gasteiger partial charge in [0.2, 0.25) is 0 Å². The van der Waals surface area contributed by atoms with E-state index in [1.807, 2.05) is 54.6 Å². The van der Waals surface area contributed by atoms with Crippen LogP contribution in [0, 0.1) is 0 Å². The first kappa shape index (κ1) is 16.7. The molecule has 130 valence electrons. The molecule has 1 aliphatic rings. The van der Waals surface area contributed by atoms with Gasteiger partial charge in [0.1, 0.15) is 5.75 Å². The van der Waals surface area contributed by atoms with Gasteiger partial charge in [-0.05, 0) is 47.5 Å². The van der Waals surface area contributed by atoms with Crippen molar-refractivity contribution in [1.82, 2.24) is 0 Å². The van der Waals surface area contributed by atoms with E-state index in [0.29, 0.717) is 0 Å². The third kappa shape index (κ3) is 3.31. The number of anilines is 1. The summed E-state index contributed by atoms with van der Waals surface area (Å²) in [6.45, 7) is 0. The molecule has 0 fully saturated rings. The predicted octanol–water partition coefficient (Wildman–Crippen LogP) is 5.70. The summed E-state index contributed by atoms with van der Waals surface area (Å²) >= 11 is 6.06. The van der Waals surface area contributed by atoms with Gasteiger partial charge in [-0.2, -0.15) is 5.10 Å². The van der Waals surface area contributed by atoms with E-state index in [2.05, 4.69) is 29.3 Å². The molecule has 0 unspecified atom stereocenters. The van der Waals surface area contributed by atoms with Crippen LogP contribution in [0.15, 0.2) is 84.0 Å². The van der Waals surface area contributed by atoms with Crippen molar-refractivity contribution in [2.24, 2.45) is 5.10 Å². The summed E-state index contributed by atoms with van der Waals surface area (Å²) in [7, 11) is 1.68. The van der Waals surface area contributed by atoms with Crippen LogP contribution in [-0.2, 0) is 0 Å². The largest absolute Gasteiger partial charge is 0.497 e. The zero-order valence-corrected chi connectivity index (χ0v) is 15.2. The quantitative estimate of drug-likeness (QED) is 0.594. The molecule has 0 saturated heterocycles. The summed E-state index contributed by atoms with van der Waals surface area (Å²) in [5.74, 6) is 0.856. The van der Waals surface area contributed by atoms with E-state index in [-0.39, 0.29) is 6.04 Å². The van der Waals surface area contributed by atoms with Gasteiger partial charge in [0, 0.05) is 11.4 Å². The van der Waals surface area contributed by atoms with Crippen LogP contribution >= 0.6 is 11.6 Å². The van der Waals surface area contributed by atoms with Gasteiger partial charge in [-0.25, -0.2) is 0 Å². The Morgan fingerprint density at radius 2 is 1.62 bits per heavy atom. The molecule has 0 spiro atoms. The first-order chi connectivity index (χ1) is 12.7. The Morgan fingerprint density at radius 1 is 0.923 bits per heavy atom. The normalized spacial score (nSPS) is 16.5. The zero-order valence-electron chi connectivity index (χ0n) is 14.5. The fourth-order valence-electron chi connectivity index (χ4n) is 3.23. The Balaban J connectivity index is 1.72. The number of hydrazone groups is 1. The molecular formula is C22H19ClN2O. The molecule has 1 aliphatic heterocycles. The molecule has 1 atom stereocenters. The van der Waals surface area contributed by atoms with Gasteiger partial charge in [0.25, 0.3) is 0 Å². The van der Waals surface area contributed by atoms with Crippen LogP contribution < -0.4 is 9.75 Å². The zero-order chi connectivity index (χ0) is 17.9. The van der Waals surface area contributed by atoms with Gasteiger partial charge in [-0.15, -0.1) is 0 Å². The average Bonchev–Trinajstić information content (AvgIpc) is 3.15. The van der Waals surface area contributed by atoms with Crippen LogP contribution in [0.2, 0.25) is 5.02 Å². The number of hydrogen-bond acceptors (Lipinski definition) is 3. The van der Waals surface area contributed by atoms with Gasteiger partial charge < -0.3 is 4.74 Å². The first-order valence-electron chi connectivity index (χ1n) is 8.56. The molecule has 3 aromatic carbocycles. The topological polar surface area (TPSA) is 24.8 Å². The minimum Gasteiger partial charge on any atom is -0.497 e. The summed E-state index contributed by atoms with van der Waals surface area (Å²) in [5, 5.41) is 7.74. The third-order valence-electron chi connectivity index (χ3n) is 4.61. The van der Waals surface area contributed by atoms with Crippen molar-refractivity contribution >= 4 is 23.0 Å². The number of nitrogens with zero attached hydrogens (tertiary/aromatic N) is 2. The Labute approximate surface area is 158 Å². The smallest absolute Gasteiger partial charge is 0.118 e. The van der Waals surface area contributed by atoms with Crippen LogP contribution in [-0.4, -0.2) is 12.8 Å². The second-order valence-corrected chi connectivity index (χ2v) is 6.66. The molecule has 3 nitrogen and oxygen atoms in total. The second-order valence-electron chi connectivity index (χ2n) is 6.23. The van der Waals surface area contributed by atoms with Gasteiger partial charge in [-0.1, -0.05) is 54.1 Å². The molecule has 26 heavy (non-hydrogen) atoms. The fourth-order valence-corrected chi connectivity index (χ4v) is 3.36. The van der Waals surface area contributed by atoms with Crippen LogP contribution in [0.3, 0.4) is 0 Å². The Morgan fingerprint density at radius 3 is 2.27 bits per heavy atom. The average molecular weight is 363 g/mol. The maximum Gasteiger partial charge on any atom is 0.118 e. The second kappa shape index (κ2) is 7.22. The fraction of sp³-hybridized carbons (Fsp3) is 0.136. The number of hydrogen-bond donors (Lipinski definition) is 0. The number of ether oxygens (including phenoxy) is 1. The molecule has 0 aliphatic carbocycles. The van der Waals surface area contributed by atoms with Crippen LogP contribution in [0.4, 0.5) is 5.69 Å². The molecule has 4 rings (SSSR count). The van der Waals surface area contributed by atoms with Crippen LogP contribution in [0.1, 0.15) is 23.6 Å². The van der Waals surface area contributed by atoms with Gasteiger partial charge in [0.05, 0.1) is 24.6 Å². The molecule has 1 heterocycles. The summed E-state index contributed by atoms with van der Waals surface area (Å²) < 4.78 is 5.29. The minimum absolute atomic E-state index is 0.136. The lowest BCUT2D eigenvalue weighted by molar-refractivity contribution is 0.414. The Hall–Kier alpha value is -2.78. The molecular weight excluding hydrogens is 344 g/mol. The summed E-state index contributed by atoms with van der Waals surface area (Å²) in [6, 6.07) is 26.5. The SMILES string of the molecule is COc1ccc([C@H]2CC(c3ccccc3)=NN2c2ccc(Cl)cc2)cc1. The molecule has 0 saturated carbocycles. The lowest BCUT2D eigenvalue weighted by Crippen LogP contribution is -2.18. The molecule has 0 N–H and O–H groups in total. The Bertz CT molecular complexity index is 905. The number of rotatable bonds is 4. The minimum atomic E-state index is 0.136. The number of halogens is 1. The van der Waals surface area contributed by atoms with Gasteiger partial charge in [-0.3, -0.25) is 5.01 Å². The third-order valence-corrected chi connectivity index (χ3v) is 4.86. The lowest BCUT2D eigenvalue weighted by atomic mass is 9.98. The first-order valence-corrected chi connectivity index (χ1v) is 8.94. The standard InChI is InChI=1S/C22H19ClN2O/c1-26-20-13-7-17(8-14-20)22-15-21(16-5-3-2-4-6-16)24-25(22)19-11-9-18(23)10-12-19/h2-14,22H,15H2,1H3/t22-/m1/s1. The lowest BCUT2D eigenvalue weighted by Gasteiger charge is -2.24. The van der Waals surface area contributed by atoms with Crippen LogP contribution in [0.5, 0.6) is 5.75 Å².